The van der Waals surface area contributed by atoms with E-state index in [1.807, 2.05) is 6.92 Å². The van der Waals surface area contributed by atoms with E-state index in [-0.39, 0.29) is 12.5 Å². The summed E-state index contributed by atoms with van der Waals surface area (Å²) in [6.07, 6.45) is 2.38. The molecule has 1 fully saturated rings. The summed E-state index contributed by atoms with van der Waals surface area (Å²) >= 11 is 0. The Morgan fingerprint density at radius 1 is 1.47 bits per heavy atom. The first-order valence-corrected chi connectivity index (χ1v) is 8.39. The first-order valence-electron chi connectivity index (χ1n) is 6.54. The normalized spacial score (nSPS) is 21.6. The summed E-state index contributed by atoms with van der Waals surface area (Å²) < 4.78 is 24.6. The van der Waals surface area contributed by atoms with E-state index in [0.29, 0.717) is 25.9 Å². The zero-order chi connectivity index (χ0) is 14.8. The Labute approximate surface area is 115 Å². The number of carbonyl (C=O) groups is 1. The predicted octanol–water partition coefficient (Wildman–Crippen LogP) is 0.0298. The van der Waals surface area contributed by atoms with Crippen LogP contribution in [0.3, 0.4) is 0 Å². The average molecular weight is 292 g/mol. The van der Waals surface area contributed by atoms with E-state index in [2.05, 4.69) is 0 Å². The molecule has 7 heteroatoms. The van der Waals surface area contributed by atoms with E-state index < -0.39 is 21.7 Å². The number of aliphatic hydroxyl groups is 1. The molecule has 0 aliphatic carbocycles. The number of carbonyl (C=O) groups excluding carboxylic acids is 1. The molecule has 0 aromatic carbocycles. The highest BCUT2D eigenvalue weighted by Crippen LogP contribution is 2.22. The van der Waals surface area contributed by atoms with Gasteiger partial charge in [-0.1, -0.05) is 0 Å². The Bertz CT molecular complexity index is 428. The van der Waals surface area contributed by atoms with Crippen LogP contribution in [-0.4, -0.2) is 66.2 Å². The van der Waals surface area contributed by atoms with Crippen LogP contribution in [0.25, 0.3) is 0 Å². The third-order valence-electron chi connectivity index (χ3n) is 3.19. The molecule has 1 saturated heterocycles. The van der Waals surface area contributed by atoms with Gasteiger partial charge in [-0.15, -0.1) is 0 Å². The fraction of sp³-hybridized carbons (Fsp3) is 0.917. The van der Waals surface area contributed by atoms with Crippen LogP contribution in [0.1, 0.15) is 33.6 Å². The van der Waals surface area contributed by atoms with Gasteiger partial charge < -0.3 is 10.0 Å². The fourth-order valence-electron chi connectivity index (χ4n) is 2.41. The van der Waals surface area contributed by atoms with Gasteiger partial charge >= 0.3 is 0 Å². The second-order valence-electron chi connectivity index (χ2n) is 5.70. The summed E-state index contributed by atoms with van der Waals surface area (Å²) in [5.41, 5.74) is -0.986. The molecule has 0 saturated carbocycles. The highest BCUT2D eigenvalue weighted by atomic mass is 32.2. The van der Waals surface area contributed by atoms with Gasteiger partial charge in [-0.05, 0) is 33.6 Å². The van der Waals surface area contributed by atoms with Crippen LogP contribution in [-0.2, 0) is 14.8 Å². The Hall–Kier alpha value is -0.660. The van der Waals surface area contributed by atoms with Gasteiger partial charge in [0.05, 0.1) is 11.9 Å². The van der Waals surface area contributed by atoms with E-state index in [4.69, 9.17) is 0 Å². The van der Waals surface area contributed by atoms with Crippen molar-refractivity contribution in [2.24, 2.45) is 0 Å². The van der Waals surface area contributed by atoms with Crippen LogP contribution in [0, 0.1) is 0 Å². The summed E-state index contributed by atoms with van der Waals surface area (Å²) in [4.78, 5) is 13.9. The van der Waals surface area contributed by atoms with Crippen LogP contribution >= 0.6 is 0 Å². The first kappa shape index (κ1) is 16.4. The van der Waals surface area contributed by atoms with Gasteiger partial charge in [-0.25, -0.2) is 8.42 Å². The number of likely N-dealkylation sites (N-methyl/N-ethyl adjacent to an activating group) is 1. The average Bonchev–Trinajstić information content (AvgIpc) is 2.71. The zero-order valence-electron chi connectivity index (χ0n) is 12.1. The number of hydrogen-bond donors (Lipinski definition) is 1. The van der Waals surface area contributed by atoms with Gasteiger partial charge in [0.15, 0.2) is 0 Å². The minimum Gasteiger partial charge on any atom is -0.389 e. The summed E-state index contributed by atoms with van der Waals surface area (Å²) in [7, 11) is -3.36. The van der Waals surface area contributed by atoms with E-state index in [9.17, 15) is 18.3 Å². The van der Waals surface area contributed by atoms with Crippen molar-refractivity contribution in [3.05, 3.63) is 0 Å². The van der Waals surface area contributed by atoms with E-state index in [0.717, 1.165) is 6.26 Å². The first-order chi connectivity index (χ1) is 8.56. The number of rotatable bonds is 5. The number of hydrogen-bond acceptors (Lipinski definition) is 4. The van der Waals surface area contributed by atoms with Crippen molar-refractivity contribution in [1.29, 1.82) is 0 Å². The summed E-state index contributed by atoms with van der Waals surface area (Å²) in [6, 6.07) is -0.614. The predicted molar refractivity (Wildman–Crippen MR) is 73.1 cm³/mol. The molecule has 0 spiro atoms. The lowest BCUT2D eigenvalue weighted by Gasteiger charge is -2.32. The highest BCUT2D eigenvalue weighted by molar-refractivity contribution is 7.88. The van der Waals surface area contributed by atoms with Crippen LogP contribution in [0.2, 0.25) is 0 Å². The van der Waals surface area contributed by atoms with Crippen molar-refractivity contribution in [1.82, 2.24) is 9.21 Å². The monoisotopic (exact) mass is 292 g/mol. The number of sulfonamides is 1. The molecule has 6 nitrogen and oxygen atoms in total. The Morgan fingerprint density at radius 2 is 2.05 bits per heavy atom. The topological polar surface area (TPSA) is 77.9 Å². The summed E-state index contributed by atoms with van der Waals surface area (Å²) in [5.74, 6) is -0.215. The van der Waals surface area contributed by atoms with Crippen molar-refractivity contribution in [3.63, 3.8) is 0 Å². The van der Waals surface area contributed by atoms with Crippen molar-refractivity contribution in [2.75, 3.05) is 25.9 Å². The zero-order valence-corrected chi connectivity index (χ0v) is 12.9. The van der Waals surface area contributed by atoms with Gasteiger partial charge in [-0.3, -0.25) is 4.79 Å². The quantitative estimate of drug-likeness (QED) is 0.775. The van der Waals surface area contributed by atoms with Crippen molar-refractivity contribution in [3.8, 4) is 0 Å². The molecule has 19 heavy (non-hydrogen) atoms. The smallest absolute Gasteiger partial charge is 0.241 e. The van der Waals surface area contributed by atoms with E-state index >= 15 is 0 Å². The molecule has 1 heterocycles. The van der Waals surface area contributed by atoms with Crippen LogP contribution < -0.4 is 0 Å². The molecule has 1 aliphatic rings. The molecule has 0 bridgehead atoms. The summed E-state index contributed by atoms with van der Waals surface area (Å²) in [6.45, 7) is 6.14. The Balaban J connectivity index is 2.86. The minimum absolute atomic E-state index is 0.205. The largest absolute Gasteiger partial charge is 0.389 e. The maximum absolute atomic E-state index is 12.4. The maximum Gasteiger partial charge on any atom is 0.241 e. The van der Waals surface area contributed by atoms with Gasteiger partial charge in [-0.2, -0.15) is 4.31 Å². The molecule has 1 N–H and O–H groups in total. The van der Waals surface area contributed by atoms with Gasteiger partial charge in [0.2, 0.25) is 15.9 Å². The molecule has 1 unspecified atom stereocenters. The minimum atomic E-state index is -3.36. The lowest BCUT2D eigenvalue weighted by Crippen LogP contribution is -2.50. The molecule has 1 amide bonds. The van der Waals surface area contributed by atoms with Crippen molar-refractivity contribution in [2.45, 2.75) is 45.3 Å². The van der Waals surface area contributed by atoms with Crippen molar-refractivity contribution < 1.29 is 18.3 Å². The SMILES string of the molecule is CCN(CC(C)(C)O)C(=O)C1CCCN1S(C)(=O)=O. The maximum atomic E-state index is 12.4. The second-order valence-corrected chi connectivity index (χ2v) is 7.63. The third kappa shape index (κ3) is 4.43. The van der Waals surface area contributed by atoms with E-state index in [1.54, 1.807) is 13.8 Å². The van der Waals surface area contributed by atoms with Gasteiger partial charge in [0, 0.05) is 19.6 Å². The molecule has 0 aromatic heterocycles. The second kappa shape index (κ2) is 5.76. The third-order valence-corrected chi connectivity index (χ3v) is 4.47. The molecule has 0 radical (unpaired) electrons. The molecular formula is C12H24N2O4S. The molecule has 1 aliphatic heterocycles. The van der Waals surface area contributed by atoms with E-state index in [1.165, 1.54) is 9.21 Å². The molecule has 112 valence electrons. The van der Waals surface area contributed by atoms with Gasteiger partial charge in [0.25, 0.3) is 0 Å². The van der Waals surface area contributed by atoms with Gasteiger partial charge in [0.1, 0.15) is 6.04 Å². The lowest BCUT2D eigenvalue weighted by molar-refractivity contribution is -0.137. The number of nitrogens with zero attached hydrogens (tertiary/aromatic N) is 2. The summed E-state index contributed by atoms with van der Waals surface area (Å²) in [5, 5.41) is 9.81. The van der Waals surface area contributed by atoms with Crippen LogP contribution in [0.4, 0.5) is 0 Å². The number of amides is 1. The fourth-order valence-corrected chi connectivity index (χ4v) is 3.53. The molecule has 1 atom stereocenters. The van der Waals surface area contributed by atoms with Crippen LogP contribution in [0.5, 0.6) is 0 Å². The Morgan fingerprint density at radius 3 is 2.47 bits per heavy atom. The standard InChI is InChI=1S/C12H24N2O4S/c1-5-13(9-12(2,3)16)11(15)10-7-6-8-14(10)19(4,17)18/h10,16H,5-9H2,1-4H3. The highest BCUT2D eigenvalue weighted by Gasteiger charge is 2.39. The molecule has 1 rings (SSSR count). The lowest BCUT2D eigenvalue weighted by atomic mass is 10.1. The molecular weight excluding hydrogens is 268 g/mol. The van der Waals surface area contributed by atoms with Crippen molar-refractivity contribution >= 4 is 15.9 Å². The molecule has 0 aromatic rings. The van der Waals surface area contributed by atoms with Crippen LogP contribution in [0.15, 0.2) is 0 Å². The Kier molecular flexibility index (Phi) is 4.97.